The van der Waals surface area contributed by atoms with Gasteiger partial charge in [0.2, 0.25) is 5.95 Å². The number of nitrogens with zero attached hydrogens (tertiary/aromatic N) is 4. The van der Waals surface area contributed by atoms with E-state index in [1.807, 2.05) is 18.2 Å². The first kappa shape index (κ1) is 26.2. The average Bonchev–Trinajstić information content (AvgIpc) is 3.37. The van der Waals surface area contributed by atoms with Crippen LogP contribution >= 0.6 is 11.6 Å². The van der Waals surface area contributed by atoms with Crippen molar-refractivity contribution in [2.24, 2.45) is 0 Å². The zero-order valence-corrected chi connectivity index (χ0v) is 22.4. The van der Waals surface area contributed by atoms with Crippen LogP contribution in [0.1, 0.15) is 49.4 Å². The highest BCUT2D eigenvalue weighted by molar-refractivity contribution is 6.32. The first-order chi connectivity index (χ1) is 17.5. The number of nitrogens with one attached hydrogen (secondary N) is 1. The lowest BCUT2D eigenvalue weighted by molar-refractivity contribution is 0.157. The molecule has 0 radical (unpaired) electrons. The molecule has 36 heavy (non-hydrogen) atoms. The summed E-state index contributed by atoms with van der Waals surface area (Å²) in [6, 6.07) is 14.4. The van der Waals surface area contributed by atoms with Gasteiger partial charge in [-0.05, 0) is 62.2 Å². The molecule has 1 saturated heterocycles. The van der Waals surface area contributed by atoms with Gasteiger partial charge in [-0.15, -0.1) is 0 Å². The fraction of sp³-hybridized carbons (Fsp3) is 0.429. The highest BCUT2D eigenvalue weighted by Crippen LogP contribution is 2.37. The van der Waals surface area contributed by atoms with Crippen molar-refractivity contribution < 1.29 is 9.57 Å². The van der Waals surface area contributed by atoms with Gasteiger partial charge in [0, 0.05) is 18.7 Å². The largest absolute Gasteiger partial charge is 0.493 e. The third kappa shape index (κ3) is 6.27. The number of hydrogen-bond donors (Lipinski definition) is 1. The number of anilines is 3. The quantitative estimate of drug-likeness (QED) is 0.296. The van der Waals surface area contributed by atoms with Gasteiger partial charge in [0.1, 0.15) is 10.8 Å². The topological polar surface area (TPSA) is 62.8 Å². The van der Waals surface area contributed by atoms with Crippen LogP contribution in [0.3, 0.4) is 0 Å². The molecule has 8 heteroatoms. The van der Waals surface area contributed by atoms with Crippen LogP contribution in [0.15, 0.2) is 48.7 Å². The highest BCUT2D eigenvalue weighted by Gasteiger charge is 2.30. The number of aryl methyl sites for hydroxylation is 2. The van der Waals surface area contributed by atoms with Crippen molar-refractivity contribution in [1.29, 1.82) is 0 Å². The molecular formula is C28H36ClN5O2. The molecule has 2 heterocycles. The minimum atomic E-state index is 0.0501. The maximum absolute atomic E-state index is 6.51. The van der Waals surface area contributed by atoms with E-state index in [-0.39, 0.29) is 6.04 Å². The lowest BCUT2D eigenvalue weighted by Gasteiger charge is -2.24. The molecule has 192 valence electrons. The zero-order chi connectivity index (χ0) is 25.5. The van der Waals surface area contributed by atoms with Crippen LogP contribution in [0, 0.1) is 13.8 Å². The first-order valence-corrected chi connectivity index (χ1v) is 13.1. The van der Waals surface area contributed by atoms with Gasteiger partial charge in [-0.3, -0.25) is 4.84 Å². The second-order valence-electron chi connectivity index (χ2n) is 9.03. The summed E-state index contributed by atoms with van der Waals surface area (Å²) in [6.45, 7) is 13.0. The summed E-state index contributed by atoms with van der Waals surface area (Å²) in [6.07, 6.45) is 3.48. The van der Waals surface area contributed by atoms with Crippen LogP contribution in [-0.2, 0) is 4.84 Å². The highest BCUT2D eigenvalue weighted by atomic mass is 35.5. The number of halogens is 1. The lowest BCUT2D eigenvalue weighted by Crippen LogP contribution is -2.25. The minimum absolute atomic E-state index is 0.0501. The minimum Gasteiger partial charge on any atom is -0.493 e. The summed E-state index contributed by atoms with van der Waals surface area (Å²) in [5.74, 6) is 1.96. The van der Waals surface area contributed by atoms with E-state index >= 15 is 0 Å². The van der Waals surface area contributed by atoms with Gasteiger partial charge in [-0.2, -0.15) is 4.98 Å². The van der Waals surface area contributed by atoms with Crippen molar-refractivity contribution in [2.75, 3.05) is 43.2 Å². The SMILES string of the molecule is CCN(CC)CCCOc1c(C)cc(Nc2ncc(Cl)c(N3OCC[C@H]3c3ccccc3)n2)cc1C. The third-order valence-corrected chi connectivity index (χ3v) is 6.77. The Morgan fingerprint density at radius 1 is 1.14 bits per heavy atom. The molecule has 1 aliphatic heterocycles. The number of hydroxylamine groups is 1. The zero-order valence-electron chi connectivity index (χ0n) is 21.6. The molecule has 1 aliphatic rings. The molecule has 2 aromatic carbocycles. The Kier molecular flexibility index (Phi) is 9.02. The van der Waals surface area contributed by atoms with E-state index in [1.165, 1.54) is 0 Å². The third-order valence-electron chi connectivity index (χ3n) is 6.50. The maximum atomic E-state index is 6.51. The Bertz CT molecular complexity index is 1120. The van der Waals surface area contributed by atoms with Crippen molar-refractivity contribution in [1.82, 2.24) is 14.9 Å². The van der Waals surface area contributed by atoms with Gasteiger partial charge >= 0.3 is 0 Å². The second kappa shape index (κ2) is 12.4. The van der Waals surface area contributed by atoms with E-state index in [2.05, 4.69) is 67.2 Å². The van der Waals surface area contributed by atoms with Crippen LogP contribution in [0.4, 0.5) is 17.5 Å². The first-order valence-electron chi connectivity index (χ1n) is 12.7. The molecule has 0 spiro atoms. The van der Waals surface area contributed by atoms with Gasteiger partial charge in [0.05, 0.1) is 25.5 Å². The van der Waals surface area contributed by atoms with Gasteiger partial charge in [0.15, 0.2) is 5.82 Å². The van der Waals surface area contributed by atoms with Crippen LogP contribution in [0.2, 0.25) is 5.02 Å². The number of rotatable bonds is 11. The van der Waals surface area contributed by atoms with E-state index in [4.69, 9.17) is 26.2 Å². The van der Waals surface area contributed by atoms with Crippen LogP contribution in [0.5, 0.6) is 5.75 Å². The molecule has 0 amide bonds. The Labute approximate surface area is 219 Å². The molecule has 1 fully saturated rings. The average molecular weight is 510 g/mol. The van der Waals surface area contributed by atoms with Crippen LogP contribution in [-0.4, -0.2) is 47.7 Å². The molecule has 3 aromatic rings. The standard InChI is InChI=1S/C28H36ClN5O2/c1-5-33(6-2)14-10-15-35-26-20(3)17-23(18-21(26)4)31-28-30-19-24(29)27(32-28)34-25(13-16-36-34)22-11-8-7-9-12-22/h7-9,11-12,17-19,25H,5-6,10,13-16H2,1-4H3,(H,30,31,32)/t25-/m0/s1. The summed E-state index contributed by atoms with van der Waals surface area (Å²) in [4.78, 5) is 17.5. The molecule has 0 saturated carbocycles. The van der Waals surface area contributed by atoms with Gasteiger partial charge in [0.25, 0.3) is 0 Å². The molecule has 1 atom stereocenters. The number of hydrogen-bond acceptors (Lipinski definition) is 7. The van der Waals surface area contributed by atoms with E-state index < -0.39 is 0 Å². The monoisotopic (exact) mass is 509 g/mol. The van der Waals surface area contributed by atoms with Crippen LogP contribution in [0.25, 0.3) is 0 Å². The molecule has 7 nitrogen and oxygen atoms in total. The molecule has 0 aliphatic carbocycles. The summed E-state index contributed by atoms with van der Waals surface area (Å²) in [5, 5.41) is 5.58. The Hall–Kier alpha value is -2.87. The van der Waals surface area contributed by atoms with Gasteiger partial charge < -0.3 is 15.0 Å². The van der Waals surface area contributed by atoms with Crippen molar-refractivity contribution in [3.8, 4) is 5.75 Å². The Morgan fingerprint density at radius 2 is 1.86 bits per heavy atom. The molecule has 1 aromatic heterocycles. The molecule has 1 N–H and O–H groups in total. The number of aromatic nitrogens is 2. The lowest BCUT2D eigenvalue weighted by atomic mass is 10.0. The summed E-state index contributed by atoms with van der Waals surface area (Å²) >= 11 is 6.51. The summed E-state index contributed by atoms with van der Waals surface area (Å²) < 4.78 is 6.14. The van der Waals surface area contributed by atoms with E-state index in [0.717, 1.165) is 60.6 Å². The van der Waals surface area contributed by atoms with Crippen molar-refractivity contribution in [3.63, 3.8) is 0 Å². The summed E-state index contributed by atoms with van der Waals surface area (Å²) in [7, 11) is 0. The van der Waals surface area contributed by atoms with Crippen molar-refractivity contribution in [2.45, 2.75) is 46.6 Å². The molecule has 0 unspecified atom stereocenters. The fourth-order valence-electron chi connectivity index (χ4n) is 4.61. The smallest absolute Gasteiger partial charge is 0.229 e. The second-order valence-corrected chi connectivity index (χ2v) is 9.44. The maximum Gasteiger partial charge on any atom is 0.229 e. The number of benzene rings is 2. The fourth-order valence-corrected chi connectivity index (χ4v) is 4.78. The van der Waals surface area contributed by atoms with Crippen LogP contribution < -0.4 is 15.1 Å². The van der Waals surface area contributed by atoms with Crippen molar-refractivity contribution in [3.05, 3.63) is 70.4 Å². The molecule has 4 rings (SSSR count). The van der Waals surface area contributed by atoms with E-state index in [0.29, 0.717) is 30.0 Å². The number of ether oxygens (including phenoxy) is 1. The summed E-state index contributed by atoms with van der Waals surface area (Å²) in [5.41, 5.74) is 4.21. The Balaban J connectivity index is 1.46. The van der Waals surface area contributed by atoms with Gasteiger partial charge in [-0.1, -0.05) is 55.8 Å². The predicted molar refractivity (Wildman–Crippen MR) is 146 cm³/mol. The predicted octanol–water partition coefficient (Wildman–Crippen LogP) is 6.48. The normalized spacial score (nSPS) is 15.5. The van der Waals surface area contributed by atoms with E-state index in [9.17, 15) is 0 Å². The van der Waals surface area contributed by atoms with Gasteiger partial charge in [-0.25, -0.2) is 10.0 Å². The molecular weight excluding hydrogens is 474 g/mol. The molecule has 0 bridgehead atoms. The van der Waals surface area contributed by atoms with Crippen molar-refractivity contribution >= 4 is 29.1 Å². The van der Waals surface area contributed by atoms with E-state index in [1.54, 1.807) is 11.3 Å². The Morgan fingerprint density at radius 3 is 2.56 bits per heavy atom.